The smallest absolute Gasteiger partial charge is 0.320 e. The van der Waals surface area contributed by atoms with Crippen molar-refractivity contribution in [3.8, 4) is 0 Å². The molecule has 2 aliphatic rings. The molecule has 1 aliphatic heterocycles. The van der Waals surface area contributed by atoms with Gasteiger partial charge in [-0.05, 0) is 50.5 Å². The molecule has 2 fully saturated rings. The van der Waals surface area contributed by atoms with Crippen molar-refractivity contribution >= 4 is 11.9 Å². The molecule has 1 N–H and O–H groups in total. The lowest BCUT2D eigenvalue weighted by atomic mass is 9.90. The van der Waals surface area contributed by atoms with Gasteiger partial charge in [0, 0.05) is 19.1 Å². The second-order valence-corrected chi connectivity index (χ2v) is 7.43. The highest BCUT2D eigenvalue weighted by Crippen LogP contribution is 2.29. The van der Waals surface area contributed by atoms with Gasteiger partial charge in [0.05, 0.1) is 6.54 Å². The van der Waals surface area contributed by atoms with Gasteiger partial charge in [-0.25, -0.2) is 0 Å². The summed E-state index contributed by atoms with van der Waals surface area (Å²) >= 11 is 0. The molecule has 0 spiro atoms. The highest BCUT2D eigenvalue weighted by molar-refractivity contribution is 5.80. The van der Waals surface area contributed by atoms with Crippen molar-refractivity contribution < 1.29 is 14.7 Å². The molecule has 1 saturated heterocycles. The lowest BCUT2D eigenvalue weighted by molar-refractivity contribution is -0.144. The number of benzene rings is 1. The van der Waals surface area contributed by atoms with Crippen LogP contribution in [0.25, 0.3) is 0 Å². The summed E-state index contributed by atoms with van der Waals surface area (Å²) in [5.74, 6) is -0.136. The zero-order chi connectivity index (χ0) is 17.8. The van der Waals surface area contributed by atoms with Gasteiger partial charge < -0.3 is 10.0 Å². The van der Waals surface area contributed by atoms with Crippen LogP contribution in [0, 0.1) is 5.92 Å². The molecule has 1 aliphatic carbocycles. The molecule has 1 saturated carbocycles. The van der Waals surface area contributed by atoms with Crippen LogP contribution in [-0.4, -0.2) is 58.5 Å². The van der Waals surface area contributed by atoms with Crippen molar-refractivity contribution in [3.05, 3.63) is 35.9 Å². The Balaban J connectivity index is 1.48. The van der Waals surface area contributed by atoms with Crippen LogP contribution in [0.15, 0.2) is 30.3 Å². The lowest BCUT2D eigenvalue weighted by Crippen LogP contribution is -2.49. The maximum atomic E-state index is 12.6. The predicted molar refractivity (Wildman–Crippen MR) is 96.3 cm³/mol. The molecule has 1 unspecified atom stereocenters. The summed E-state index contributed by atoms with van der Waals surface area (Å²) in [4.78, 5) is 27.7. The number of amides is 1. The molecule has 5 heteroatoms. The summed E-state index contributed by atoms with van der Waals surface area (Å²) < 4.78 is 0. The Morgan fingerprint density at radius 1 is 1.16 bits per heavy atom. The standard InChI is InChI=1S/C20H28N2O3/c1-15(20(24)25)22(18-7-8-18)14-19(23)21-11-9-17(10-12-21)13-16-5-3-2-4-6-16/h2-6,15,17-18H,7-14H2,1H3,(H,24,25). The Kier molecular flexibility index (Phi) is 5.74. The van der Waals surface area contributed by atoms with E-state index in [2.05, 4.69) is 24.3 Å². The topological polar surface area (TPSA) is 60.9 Å². The minimum absolute atomic E-state index is 0.0816. The molecular formula is C20H28N2O3. The molecular weight excluding hydrogens is 316 g/mol. The third-order valence-corrected chi connectivity index (χ3v) is 5.52. The van der Waals surface area contributed by atoms with Crippen LogP contribution in [0.3, 0.4) is 0 Å². The van der Waals surface area contributed by atoms with Crippen molar-refractivity contribution in [3.63, 3.8) is 0 Å². The van der Waals surface area contributed by atoms with E-state index < -0.39 is 12.0 Å². The molecule has 1 heterocycles. The Morgan fingerprint density at radius 2 is 1.80 bits per heavy atom. The summed E-state index contributed by atoms with van der Waals surface area (Å²) in [7, 11) is 0. The van der Waals surface area contributed by atoms with E-state index in [9.17, 15) is 14.7 Å². The number of likely N-dealkylation sites (tertiary alicyclic amines) is 1. The SMILES string of the molecule is CC(C(=O)O)N(CC(=O)N1CCC(Cc2ccccc2)CC1)C1CC1. The Morgan fingerprint density at radius 3 is 2.36 bits per heavy atom. The average molecular weight is 344 g/mol. The normalized spacial score (nSPS) is 19.8. The Labute approximate surface area is 149 Å². The number of carboxylic acid groups (broad SMARTS) is 1. The maximum absolute atomic E-state index is 12.6. The van der Waals surface area contributed by atoms with Crippen molar-refractivity contribution in [1.82, 2.24) is 9.80 Å². The van der Waals surface area contributed by atoms with Gasteiger partial charge in [0.2, 0.25) is 5.91 Å². The third kappa shape index (κ3) is 4.82. The molecule has 0 bridgehead atoms. The van der Waals surface area contributed by atoms with Crippen LogP contribution in [0.2, 0.25) is 0 Å². The molecule has 1 amide bonds. The average Bonchev–Trinajstić information content (AvgIpc) is 3.45. The highest BCUT2D eigenvalue weighted by atomic mass is 16.4. The Bertz CT molecular complexity index is 592. The molecule has 25 heavy (non-hydrogen) atoms. The molecule has 0 aromatic heterocycles. The molecule has 0 radical (unpaired) electrons. The van der Waals surface area contributed by atoms with E-state index in [1.54, 1.807) is 6.92 Å². The Hall–Kier alpha value is -1.88. The maximum Gasteiger partial charge on any atom is 0.320 e. The summed E-state index contributed by atoms with van der Waals surface area (Å²) in [5, 5.41) is 9.26. The number of piperidine rings is 1. The molecule has 1 aromatic rings. The fraction of sp³-hybridized carbons (Fsp3) is 0.600. The van der Waals surface area contributed by atoms with Crippen LogP contribution < -0.4 is 0 Å². The zero-order valence-electron chi connectivity index (χ0n) is 14.9. The number of aliphatic carboxylic acids is 1. The second-order valence-electron chi connectivity index (χ2n) is 7.43. The van der Waals surface area contributed by atoms with Crippen molar-refractivity contribution in [2.75, 3.05) is 19.6 Å². The first-order valence-electron chi connectivity index (χ1n) is 9.35. The summed E-state index contributed by atoms with van der Waals surface area (Å²) in [6.07, 6.45) is 5.14. The molecule has 1 aromatic carbocycles. The largest absolute Gasteiger partial charge is 0.480 e. The molecule has 5 nitrogen and oxygen atoms in total. The van der Waals surface area contributed by atoms with Crippen molar-refractivity contribution in [1.29, 1.82) is 0 Å². The van der Waals surface area contributed by atoms with Crippen LogP contribution in [-0.2, 0) is 16.0 Å². The van der Waals surface area contributed by atoms with E-state index in [4.69, 9.17) is 0 Å². The quantitative estimate of drug-likeness (QED) is 0.825. The van der Waals surface area contributed by atoms with Gasteiger partial charge in [-0.15, -0.1) is 0 Å². The number of hydrogen-bond donors (Lipinski definition) is 1. The number of nitrogens with zero attached hydrogens (tertiary/aromatic N) is 2. The lowest BCUT2D eigenvalue weighted by Gasteiger charge is -2.34. The fourth-order valence-corrected chi connectivity index (χ4v) is 3.72. The van der Waals surface area contributed by atoms with Crippen molar-refractivity contribution in [2.24, 2.45) is 5.92 Å². The second kappa shape index (κ2) is 8.00. The van der Waals surface area contributed by atoms with Gasteiger partial charge in [-0.3, -0.25) is 14.5 Å². The van der Waals surface area contributed by atoms with Gasteiger partial charge in [0.25, 0.3) is 0 Å². The number of carboxylic acids is 1. The third-order valence-electron chi connectivity index (χ3n) is 5.52. The first kappa shape index (κ1) is 17.9. The first-order chi connectivity index (χ1) is 12.0. The van der Waals surface area contributed by atoms with Crippen LogP contribution >= 0.6 is 0 Å². The van der Waals surface area contributed by atoms with E-state index in [0.29, 0.717) is 5.92 Å². The fourth-order valence-electron chi connectivity index (χ4n) is 3.72. The van der Waals surface area contributed by atoms with E-state index in [0.717, 1.165) is 45.2 Å². The molecule has 136 valence electrons. The predicted octanol–water partition coefficient (Wildman–Crippen LogP) is 2.41. The highest BCUT2D eigenvalue weighted by Gasteiger charge is 2.37. The molecule has 3 rings (SSSR count). The van der Waals surface area contributed by atoms with Crippen LogP contribution in [0.1, 0.15) is 38.2 Å². The van der Waals surface area contributed by atoms with Gasteiger partial charge in [0.1, 0.15) is 6.04 Å². The summed E-state index contributed by atoms with van der Waals surface area (Å²) in [5.41, 5.74) is 1.36. The van der Waals surface area contributed by atoms with E-state index in [1.165, 1.54) is 5.56 Å². The van der Waals surface area contributed by atoms with Gasteiger partial charge in [-0.1, -0.05) is 30.3 Å². The zero-order valence-corrected chi connectivity index (χ0v) is 14.9. The number of rotatable bonds is 7. The summed E-state index contributed by atoms with van der Waals surface area (Å²) in [6.45, 7) is 3.49. The van der Waals surface area contributed by atoms with Crippen LogP contribution in [0.5, 0.6) is 0 Å². The minimum atomic E-state index is -0.846. The van der Waals surface area contributed by atoms with Gasteiger partial charge in [0.15, 0.2) is 0 Å². The molecule has 1 atom stereocenters. The minimum Gasteiger partial charge on any atom is -0.480 e. The van der Waals surface area contributed by atoms with Gasteiger partial charge in [-0.2, -0.15) is 0 Å². The number of carbonyl (C=O) groups is 2. The first-order valence-corrected chi connectivity index (χ1v) is 9.35. The number of hydrogen-bond acceptors (Lipinski definition) is 3. The van der Waals surface area contributed by atoms with E-state index >= 15 is 0 Å². The van der Waals surface area contributed by atoms with E-state index in [1.807, 2.05) is 15.9 Å². The number of carbonyl (C=O) groups excluding carboxylic acids is 1. The van der Waals surface area contributed by atoms with Crippen molar-refractivity contribution in [2.45, 2.75) is 51.1 Å². The van der Waals surface area contributed by atoms with E-state index in [-0.39, 0.29) is 18.5 Å². The van der Waals surface area contributed by atoms with Crippen LogP contribution in [0.4, 0.5) is 0 Å². The monoisotopic (exact) mass is 344 g/mol. The van der Waals surface area contributed by atoms with Gasteiger partial charge >= 0.3 is 5.97 Å². The summed E-state index contributed by atoms with van der Waals surface area (Å²) in [6, 6.07) is 10.2.